The molecule has 2 heterocycles. The van der Waals surface area contributed by atoms with Gasteiger partial charge >= 0.3 is 0 Å². The van der Waals surface area contributed by atoms with Crippen LogP contribution in [0.1, 0.15) is 18.7 Å². The number of aromatic nitrogens is 2. The van der Waals surface area contributed by atoms with Crippen molar-refractivity contribution in [1.82, 2.24) is 20.6 Å². The highest BCUT2D eigenvalue weighted by atomic mass is 16.2. The second-order valence-corrected chi connectivity index (χ2v) is 4.12. The van der Waals surface area contributed by atoms with Gasteiger partial charge in [-0.05, 0) is 6.42 Å². The van der Waals surface area contributed by atoms with Gasteiger partial charge in [0.2, 0.25) is 11.8 Å². The van der Waals surface area contributed by atoms with Crippen LogP contribution in [0.25, 0.3) is 0 Å². The van der Waals surface area contributed by atoms with Crippen molar-refractivity contribution in [1.29, 1.82) is 0 Å². The van der Waals surface area contributed by atoms with E-state index in [-0.39, 0.29) is 17.7 Å². The van der Waals surface area contributed by atoms with Gasteiger partial charge in [-0.25, -0.2) is 4.98 Å². The summed E-state index contributed by atoms with van der Waals surface area (Å²) >= 11 is 0. The smallest absolute Gasteiger partial charge is 0.224 e. The Bertz CT molecular complexity index is 378. The van der Waals surface area contributed by atoms with Crippen LogP contribution in [0.5, 0.6) is 0 Å². The van der Waals surface area contributed by atoms with E-state index in [9.17, 15) is 9.59 Å². The minimum absolute atomic E-state index is 0.0107. The van der Waals surface area contributed by atoms with Gasteiger partial charge in [-0.2, -0.15) is 0 Å². The van der Waals surface area contributed by atoms with E-state index in [1.54, 1.807) is 12.4 Å². The zero-order chi connectivity index (χ0) is 12.1. The maximum atomic E-state index is 11.7. The van der Waals surface area contributed by atoms with E-state index in [2.05, 4.69) is 20.6 Å². The van der Waals surface area contributed by atoms with E-state index in [0.29, 0.717) is 32.4 Å². The summed E-state index contributed by atoms with van der Waals surface area (Å²) in [6, 6.07) is 0. The Kier molecular flexibility index (Phi) is 3.74. The normalized spacial score (nSPS) is 19.8. The van der Waals surface area contributed by atoms with Gasteiger partial charge in [-0.1, -0.05) is 0 Å². The number of amides is 2. The van der Waals surface area contributed by atoms with E-state index in [1.165, 1.54) is 0 Å². The summed E-state index contributed by atoms with van der Waals surface area (Å²) in [7, 11) is 0. The van der Waals surface area contributed by atoms with Crippen LogP contribution in [0.2, 0.25) is 0 Å². The molecule has 1 aliphatic rings. The van der Waals surface area contributed by atoms with E-state index in [1.807, 2.05) is 0 Å². The van der Waals surface area contributed by atoms with E-state index >= 15 is 0 Å². The minimum atomic E-state index is -0.0932. The maximum Gasteiger partial charge on any atom is 0.224 e. The number of piperidine rings is 1. The number of aromatic amines is 1. The third kappa shape index (κ3) is 3.30. The summed E-state index contributed by atoms with van der Waals surface area (Å²) in [5, 5.41) is 5.55. The molecule has 0 saturated carbocycles. The van der Waals surface area contributed by atoms with Crippen LogP contribution in [-0.2, 0) is 16.0 Å². The fraction of sp³-hybridized carbons (Fsp3) is 0.545. The molecule has 17 heavy (non-hydrogen) atoms. The Hall–Kier alpha value is -1.85. The Morgan fingerprint density at radius 3 is 3.12 bits per heavy atom. The molecule has 2 amide bonds. The van der Waals surface area contributed by atoms with E-state index in [0.717, 1.165) is 5.82 Å². The lowest BCUT2D eigenvalue weighted by molar-refractivity contribution is -0.128. The predicted octanol–water partition coefficient (Wildman–Crippen LogP) is -0.405. The SMILES string of the molecule is O=C1CCC(C(=O)NCCc2ncc[nH]2)CN1. The standard InChI is InChI=1S/C11H16N4O2/c16-10-2-1-8(7-15-10)11(17)14-4-3-9-12-5-6-13-9/h5-6,8H,1-4,7H2,(H,12,13)(H,14,17)(H,15,16). The monoisotopic (exact) mass is 236 g/mol. The van der Waals surface area contributed by atoms with Crippen LogP contribution < -0.4 is 10.6 Å². The third-order valence-electron chi connectivity index (χ3n) is 2.85. The van der Waals surface area contributed by atoms with Gasteiger partial charge in [-0.15, -0.1) is 0 Å². The van der Waals surface area contributed by atoms with Crippen molar-refractivity contribution in [2.75, 3.05) is 13.1 Å². The van der Waals surface area contributed by atoms with Gasteiger partial charge in [0.05, 0.1) is 5.92 Å². The number of rotatable bonds is 4. The van der Waals surface area contributed by atoms with Crippen molar-refractivity contribution in [2.24, 2.45) is 5.92 Å². The van der Waals surface area contributed by atoms with Gasteiger partial charge in [0.25, 0.3) is 0 Å². The lowest BCUT2D eigenvalue weighted by Gasteiger charge is -2.21. The molecule has 1 fully saturated rings. The Labute approximate surface area is 99.2 Å². The summed E-state index contributed by atoms with van der Waals surface area (Å²) in [4.78, 5) is 29.7. The number of nitrogens with one attached hydrogen (secondary N) is 3. The van der Waals surface area contributed by atoms with Gasteiger partial charge < -0.3 is 15.6 Å². The first-order valence-corrected chi connectivity index (χ1v) is 5.78. The fourth-order valence-corrected chi connectivity index (χ4v) is 1.84. The highest BCUT2D eigenvalue weighted by Crippen LogP contribution is 2.10. The fourth-order valence-electron chi connectivity index (χ4n) is 1.84. The molecule has 2 rings (SSSR count). The molecule has 6 heteroatoms. The first kappa shape index (κ1) is 11.6. The summed E-state index contributed by atoms with van der Waals surface area (Å²) in [6.45, 7) is 1.02. The number of carbonyl (C=O) groups excluding carboxylic acids is 2. The Morgan fingerprint density at radius 1 is 1.59 bits per heavy atom. The van der Waals surface area contributed by atoms with Crippen LogP contribution >= 0.6 is 0 Å². The molecule has 0 spiro atoms. The summed E-state index contributed by atoms with van der Waals surface area (Å²) < 4.78 is 0. The lowest BCUT2D eigenvalue weighted by Crippen LogP contribution is -2.43. The number of carbonyl (C=O) groups is 2. The van der Waals surface area contributed by atoms with Crippen LogP contribution in [0.4, 0.5) is 0 Å². The molecule has 0 aromatic carbocycles. The molecular weight excluding hydrogens is 220 g/mol. The molecule has 1 aromatic heterocycles. The van der Waals surface area contributed by atoms with Crippen molar-refractivity contribution in [3.63, 3.8) is 0 Å². The zero-order valence-electron chi connectivity index (χ0n) is 9.53. The summed E-state index contributed by atoms with van der Waals surface area (Å²) in [6.07, 6.45) is 5.22. The second kappa shape index (κ2) is 5.47. The first-order valence-electron chi connectivity index (χ1n) is 5.78. The molecule has 1 aliphatic heterocycles. The Balaban J connectivity index is 1.68. The number of nitrogens with zero attached hydrogens (tertiary/aromatic N) is 1. The van der Waals surface area contributed by atoms with Crippen molar-refractivity contribution in [2.45, 2.75) is 19.3 Å². The highest BCUT2D eigenvalue weighted by Gasteiger charge is 2.23. The van der Waals surface area contributed by atoms with Crippen molar-refractivity contribution < 1.29 is 9.59 Å². The van der Waals surface area contributed by atoms with Crippen molar-refractivity contribution in [3.05, 3.63) is 18.2 Å². The van der Waals surface area contributed by atoms with Gasteiger partial charge in [-0.3, -0.25) is 9.59 Å². The minimum Gasteiger partial charge on any atom is -0.355 e. The van der Waals surface area contributed by atoms with Crippen LogP contribution in [0.3, 0.4) is 0 Å². The van der Waals surface area contributed by atoms with E-state index in [4.69, 9.17) is 0 Å². The summed E-state index contributed by atoms with van der Waals surface area (Å²) in [5.74, 6) is 0.813. The average molecular weight is 236 g/mol. The van der Waals surface area contributed by atoms with Gasteiger partial charge in [0.1, 0.15) is 5.82 Å². The van der Waals surface area contributed by atoms with Crippen molar-refractivity contribution in [3.8, 4) is 0 Å². The molecule has 0 aliphatic carbocycles. The molecule has 92 valence electrons. The number of hydrogen-bond acceptors (Lipinski definition) is 3. The van der Waals surface area contributed by atoms with Crippen LogP contribution in [-0.4, -0.2) is 34.9 Å². The van der Waals surface area contributed by atoms with Crippen molar-refractivity contribution >= 4 is 11.8 Å². The molecule has 1 saturated heterocycles. The molecule has 6 nitrogen and oxygen atoms in total. The number of hydrogen-bond donors (Lipinski definition) is 3. The number of H-pyrrole nitrogens is 1. The summed E-state index contributed by atoms with van der Waals surface area (Å²) in [5.41, 5.74) is 0. The van der Waals surface area contributed by atoms with Crippen LogP contribution in [0, 0.1) is 5.92 Å². The average Bonchev–Trinajstić information content (AvgIpc) is 2.83. The van der Waals surface area contributed by atoms with Crippen LogP contribution in [0.15, 0.2) is 12.4 Å². The second-order valence-electron chi connectivity index (χ2n) is 4.12. The molecule has 1 aromatic rings. The van der Waals surface area contributed by atoms with Gasteiger partial charge in [0, 0.05) is 38.3 Å². The molecule has 3 N–H and O–H groups in total. The number of imidazole rings is 1. The van der Waals surface area contributed by atoms with Gasteiger partial charge in [0.15, 0.2) is 0 Å². The quantitative estimate of drug-likeness (QED) is 0.664. The molecule has 0 bridgehead atoms. The first-order chi connectivity index (χ1) is 8.25. The lowest BCUT2D eigenvalue weighted by atomic mass is 9.98. The van der Waals surface area contributed by atoms with E-state index < -0.39 is 0 Å². The third-order valence-corrected chi connectivity index (χ3v) is 2.85. The highest BCUT2D eigenvalue weighted by molar-refractivity contribution is 5.83. The molecule has 0 radical (unpaired) electrons. The largest absolute Gasteiger partial charge is 0.355 e. The topological polar surface area (TPSA) is 86.9 Å². The molecular formula is C11H16N4O2. The molecule has 1 unspecified atom stereocenters. The Morgan fingerprint density at radius 2 is 2.47 bits per heavy atom. The molecule has 1 atom stereocenters. The predicted molar refractivity (Wildman–Crippen MR) is 61.0 cm³/mol. The maximum absolute atomic E-state index is 11.7. The zero-order valence-corrected chi connectivity index (χ0v) is 9.53.